The molecule has 0 fully saturated rings. The molecule has 0 unspecified atom stereocenters. The van der Waals surface area contributed by atoms with Gasteiger partial charge in [-0.05, 0) is 55.3 Å². The fraction of sp³-hybridized carbons (Fsp3) is 0.333. The molecule has 1 amide bonds. The predicted molar refractivity (Wildman–Crippen MR) is 108 cm³/mol. The highest BCUT2D eigenvalue weighted by atomic mass is 35.5. The number of hydrogen-bond acceptors (Lipinski definition) is 5. The highest BCUT2D eigenvalue weighted by Gasteiger charge is 2.20. The molecule has 1 N–H and O–H groups in total. The van der Waals surface area contributed by atoms with Crippen molar-refractivity contribution >= 4 is 29.2 Å². The number of methoxy groups -OCH3 is 1. The third-order valence-corrected chi connectivity index (χ3v) is 3.99. The van der Waals surface area contributed by atoms with Gasteiger partial charge in [-0.1, -0.05) is 25.4 Å². The van der Waals surface area contributed by atoms with Crippen LogP contribution in [0.3, 0.4) is 0 Å². The smallest absolute Gasteiger partial charge is 0.339 e. The summed E-state index contributed by atoms with van der Waals surface area (Å²) in [5.41, 5.74) is 0.825. The minimum absolute atomic E-state index is 0.264. The normalized spacial score (nSPS) is 11.6. The summed E-state index contributed by atoms with van der Waals surface area (Å²) in [4.78, 5) is 24.6. The lowest BCUT2D eigenvalue weighted by atomic mass is 10.2. The predicted octanol–water partition coefficient (Wildman–Crippen LogP) is 4.57. The van der Waals surface area contributed by atoms with Crippen LogP contribution in [0.1, 0.15) is 31.1 Å². The lowest BCUT2D eigenvalue weighted by Gasteiger charge is -2.15. The highest BCUT2D eigenvalue weighted by Crippen LogP contribution is 2.29. The zero-order chi connectivity index (χ0) is 20.7. The number of halogens is 1. The number of benzene rings is 2. The van der Waals surface area contributed by atoms with Gasteiger partial charge in [-0.15, -0.1) is 0 Å². The Morgan fingerprint density at radius 3 is 2.32 bits per heavy atom. The number of hydrogen-bond donors (Lipinski definition) is 1. The molecule has 150 valence electrons. The number of rotatable bonds is 8. The van der Waals surface area contributed by atoms with Crippen LogP contribution in [0.15, 0.2) is 42.5 Å². The van der Waals surface area contributed by atoms with E-state index in [1.807, 2.05) is 13.8 Å². The van der Waals surface area contributed by atoms with Crippen molar-refractivity contribution in [2.24, 2.45) is 5.92 Å². The topological polar surface area (TPSA) is 73.9 Å². The van der Waals surface area contributed by atoms with Crippen molar-refractivity contribution in [3.05, 3.63) is 53.1 Å². The molecule has 0 saturated heterocycles. The van der Waals surface area contributed by atoms with Crippen LogP contribution in [0.25, 0.3) is 0 Å². The van der Waals surface area contributed by atoms with Crippen LogP contribution in [0.4, 0.5) is 5.69 Å². The van der Waals surface area contributed by atoms with E-state index in [4.69, 9.17) is 25.8 Å². The molecular formula is C21H24ClNO5. The molecule has 0 aliphatic rings. The molecule has 0 saturated carbocycles. The van der Waals surface area contributed by atoms with E-state index in [9.17, 15) is 9.59 Å². The molecule has 7 heteroatoms. The van der Waals surface area contributed by atoms with Gasteiger partial charge < -0.3 is 19.5 Å². The van der Waals surface area contributed by atoms with Gasteiger partial charge in [0.05, 0.1) is 19.3 Å². The molecule has 2 rings (SSSR count). The standard InChI is InChI=1S/C21H24ClNO5/c1-13(2)12-27-18-10-5-15(11-19(18)26-4)21(25)28-14(3)20(24)23-17-8-6-16(22)7-9-17/h5-11,13-14H,12H2,1-4H3,(H,23,24)/t14-/m1/s1. The van der Waals surface area contributed by atoms with E-state index >= 15 is 0 Å². The zero-order valence-electron chi connectivity index (χ0n) is 16.3. The molecular weight excluding hydrogens is 382 g/mol. The maximum absolute atomic E-state index is 12.4. The molecule has 2 aromatic rings. The summed E-state index contributed by atoms with van der Waals surface area (Å²) in [6, 6.07) is 11.4. The van der Waals surface area contributed by atoms with E-state index in [-0.39, 0.29) is 5.56 Å². The molecule has 0 radical (unpaired) electrons. The molecule has 6 nitrogen and oxygen atoms in total. The number of esters is 1. The summed E-state index contributed by atoms with van der Waals surface area (Å²) in [6.07, 6.45) is -0.981. The Bertz CT molecular complexity index is 820. The van der Waals surface area contributed by atoms with Gasteiger partial charge in [0.1, 0.15) is 0 Å². The summed E-state index contributed by atoms with van der Waals surface area (Å²) in [5.74, 6) is 0.246. The molecule has 0 aliphatic carbocycles. The fourth-order valence-corrected chi connectivity index (χ4v) is 2.36. The molecule has 0 aromatic heterocycles. The Kier molecular flexibility index (Phi) is 7.70. The van der Waals surface area contributed by atoms with Crippen molar-refractivity contribution < 1.29 is 23.8 Å². The summed E-state index contributed by atoms with van der Waals surface area (Å²) in [6.45, 7) is 6.10. The third kappa shape index (κ3) is 6.16. The van der Waals surface area contributed by atoms with E-state index < -0.39 is 18.0 Å². The van der Waals surface area contributed by atoms with Crippen LogP contribution >= 0.6 is 11.6 Å². The first-order valence-electron chi connectivity index (χ1n) is 8.88. The van der Waals surface area contributed by atoms with Crippen molar-refractivity contribution in [3.8, 4) is 11.5 Å². The van der Waals surface area contributed by atoms with Crippen LogP contribution in [0, 0.1) is 5.92 Å². The second kappa shape index (κ2) is 9.99. The Labute approximate surface area is 169 Å². The molecule has 1 atom stereocenters. The van der Waals surface area contributed by atoms with E-state index in [0.29, 0.717) is 34.7 Å². The Hall–Kier alpha value is -2.73. The van der Waals surface area contributed by atoms with Crippen molar-refractivity contribution in [1.29, 1.82) is 0 Å². The number of carbonyl (C=O) groups excluding carboxylic acids is 2. The molecule has 28 heavy (non-hydrogen) atoms. The van der Waals surface area contributed by atoms with Gasteiger partial charge in [-0.3, -0.25) is 4.79 Å². The maximum atomic E-state index is 12.4. The molecule has 0 spiro atoms. The fourth-order valence-electron chi connectivity index (χ4n) is 2.23. The van der Waals surface area contributed by atoms with Gasteiger partial charge in [0.25, 0.3) is 5.91 Å². The molecule has 0 aliphatic heterocycles. The van der Waals surface area contributed by atoms with E-state index in [0.717, 1.165) is 0 Å². The largest absolute Gasteiger partial charge is 0.493 e. The number of anilines is 1. The van der Waals surface area contributed by atoms with Gasteiger partial charge in [0.2, 0.25) is 0 Å². The van der Waals surface area contributed by atoms with Crippen LogP contribution in [0.5, 0.6) is 11.5 Å². The number of carbonyl (C=O) groups is 2. The lowest BCUT2D eigenvalue weighted by Crippen LogP contribution is -2.30. The van der Waals surface area contributed by atoms with Crippen molar-refractivity contribution in [1.82, 2.24) is 0 Å². The van der Waals surface area contributed by atoms with Gasteiger partial charge in [0, 0.05) is 10.7 Å². The molecule has 0 heterocycles. The van der Waals surface area contributed by atoms with E-state index in [1.54, 1.807) is 36.4 Å². The van der Waals surface area contributed by atoms with Crippen LogP contribution < -0.4 is 14.8 Å². The average Bonchev–Trinajstić information content (AvgIpc) is 2.67. The first-order chi connectivity index (χ1) is 13.3. The second-order valence-corrected chi connectivity index (χ2v) is 7.05. The Morgan fingerprint density at radius 1 is 1.04 bits per heavy atom. The third-order valence-electron chi connectivity index (χ3n) is 3.74. The summed E-state index contributed by atoms with van der Waals surface area (Å²) < 4.78 is 16.2. The van der Waals surface area contributed by atoms with Gasteiger partial charge in [-0.2, -0.15) is 0 Å². The van der Waals surface area contributed by atoms with Crippen LogP contribution in [-0.2, 0) is 9.53 Å². The van der Waals surface area contributed by atoms with Crippen molar-refractivity contribution in [2.75, 3.05) is 19.0 Å². The minimum Gasteiger partial charge on any atom is -0.493 e. The van der Waals surface area contributed by atoms with E-state index in [1.165, 1.54) is 20.1 Å². The van der Waals surface area contributed by atoms with Gasteiger partial charge >= 0.3 is 5.97 Å². The Balaban J connectivity index is 2.00. The van der Waals surface area contributed by atoms with Crippen LogP contribution in [-0.4, -0.2) is 31.7 Å². The van der Waals surface area contributed by atoms with E-state index in [2.05, 4.69) is 5.32 Å². The minimum atomic E-state index is -0.981. The maximum Gasteiger partial charge on any atom is 0.339 e. The molecule has 2 aromatic carbocycles. The zero-order valence-corrected chi connectivity index (χ0v) is 17.1. The Morgan fingerprint density at radius 2 is 1.71 bits per heavy atom. The molecule has 0 bridgehead atoms. The monoisotopic (exact) mass is 405 g/mol. The SMILES string of the molecule is COc1cc(C(=O)O[C@H](C)C(=O)Nc2ccc(Cl)cc2)ccc1OCC(C)C. The van der Waals surface area contributed by atoms with Crippen molar-refractivity contribution in [3.63, 3.8) is 0 Å². The number of amides is 1. The van der Waals surface area contributed by atoms with Gasteiger partial charge in [-0.25, -0.2) is 4.79 Å². The van der Waals surface area contributed by atoms with Gasteiger partial charge in [0.15, 0.2) is 17.6 Å². The average molecular weight is 406 g/mol. The van der Waals surface area contributed by atoms with Crippen molar-refractivity contribution in [2.45, 2.75) is 26.9 Å². The second-order valence-electron chi connectivity index (χ2n) is 6.61. The van der Waals surface area contributed by atoms with Crippen LogP contribution in [0.2, 0.25) is 5.02 Å². The first-order valence-corrected chi connectivity index (χ1v) is 9.26. The number of ether oxygens (including phenoxy) is 3. The highest BCUT2D eigenvalue weighted by molar-refractivity contribution is 6.30. The quantitative estimate of drug-likeness (QED) is 0.651. The lowest BCUT2D eigenvalue weighted by molar-refractivity contribution is -0.123. The summed E-state index contributed by atoms with van der Waals surface area (Å²) in [7, 11) is 1.49. The first kappa shape index (κ1) is 21.6. The summed E-state index contributed by atoms with van der Waals surface area (Å²) >= 11 is 5.82. The number of nitrogens with one attached hydrogen (secondary N) is 1. The summed E-state index contributed by atoms with van der Waals surface area (Å²) in [5, 5.41) is 3.23.